The lowest BCUT2D eigenvalue weighted by Gasteiger charge is -2.40. The normalized spacial score (nSPS) is 21.0. The second kappa shape index (κ2) is 6.36. The highest BCUT2D eigenvalue weighted by Gasteiger charge is 2.28. The molecule has 0 unspecified atom stereocenters. The minimum Gasteiger partial charge on any atom is -0.361 e. The summed E-state index contributed by atoms with van der Waals surface area (Å²) in [6, 6.07) is 8.68. The summed E-state index contributed by atoms with van der Waals surface area (Å²) in [6.07, 6.45) is 8.23. The molecule has 1 aromatic carbocycles. The van der Waals surface area contributed by atoms with Crippen LogP contribution in [0.3, 0.4) is 0 Å². The summed E-state index contributed by atoms with van der Waals surface area (Å²) in [6.45, 7) is 4.29. The predicted octanol–water partition coefficient (Wildman–Crippen LogP) is 3.26. The molecule has 2 aliphatic rings. The first-order valence-corrected chi connectivity index (χ1v) is 8.92. The molecule has 0 bridgehead atoms. The second-order valence-electron chi connectivity index (χ2n) is 6.90. The van der Waals surface area contributed by atoms with E-state index in [9.17, 15) is 4.79 Å². The average Bonchev–Trinajstić information content (AvgIpc) is 3.10. The zero-order valence-electron chi connectivity index (χ0n) is 13.6. The van der Waals surface area contributed by atoms with E-state index in [-0.39, 0.29) is 5.91 Å². The van der Waals surface area contributed by atoms with Crippen LogP contribution in [0.25, 0.3) is 10.9 Å². The largest absolute Gasteiger partial charge is 0.361 e. The standard InChI is InChI=1S/C19H25N3O/c23-19(16-5-4-15-6-9-20-18(15)14-16)22-12-7-17(8-13-22)21-10-2-1-3-11-21/h4-6,9,14,17,20H,1-3,7-8,10-13H2. The van der Waals surface area contributed by atoms with Crippen LogP contribution >= 0.6 is 0 Å². The molecule has 1 N–H and O–H groups in total. The monoisotopic (exact) mass is 311 g/mol. The van der Waals surface area contributed by atoms with Crippen molar-refractivity contribution in [1.82, 2.24) is 14.8 Å². The molecule has 23 heavy (non-hydrogen) atoms. The van der Waals surface area contributed by atoms with E-state index >= 15 is 0 Å². The number of hydrogen-bond donors (Lipinski definition) is 1. The lowest BCUT2D eigenvalue weighted by atomic mass is 9.99. The fourth-order valence-corrected chi connectivity index (χ4v) is 4.08. The summed E-state index contributed by atoms with van der Waals surface area (Å²) in [5, 5.41) is 1.16. The smallest absolute Gasteiger partial charge is 0.253 e. The van der Waals surface area contributed by atoms with Crippen molar-refractivity contribution in [3.63, 3.8) is 0 Å². The summed E-state index contributed by atoms with van der Waals surface area (Å²) >= 11 is 0. The van der Waals surface area contributed by atoms with Crippen LogP contribution in [-0.2, 0) is 0 Å². The predicted molar refractivity (Wildman–Crippen MR) is 92.6 cm³/mol. The highest BCUT2D eigenvalue weighted by molar-refractivity contribution is 5.98. The van der Waals surface area contributed by atoms with Crippen LogP contribution in [0, 0.1) is 0 Å². The number of benzene rings is 1. The summed E-state index contributed by atoms with van der Waals surface area (Å²) in [4.78, 5) is 20.6. The Hall–Kier alpha value is -1.81. The van der Waals surface area contributed by atoms with Gasteiger partial charge < -0.3 is 14.8 Å². The molecule has 4 nitrogen and oxygen atoms in total. The molecular formula is C19H25N3O. The van der Waals surface area contributed by atoms with Crippen LogP contribution in [0.4, 0.5) is 0 Å². The van der Waals surface area contributed by atoms with Crippen molar-refractivity contribution in [3.8, 4) is 0 Å². The van der Waals surface area contributed by atoms with Gasteiger partial charge >= 0.3 is 0 Å². The van der Waals surface area contributed by atoms with E-state index in [0.717, 1.165) is 42.4 Å². The number of likely N-dealkylation sites (tertiary alicyclic amines) is 2. The van der Waals surface area contributed by atoms with Crippen molar-refractivity contribution < 1.29 is 4.79 Å². The lowest BCUT2D eigenvalue weighted by molar-refractivity contribution is 0.0590. The highest BCUT2D eigenvalue weighted by atomic mass is 16.2. The Kier molecular flexibility index (Phi) is 4.08. The fourth-order valence-electron chi connectivity index (χ4n) is 4.08. The average molecular weight is 311 g/mol. The van der Waals surface area contributed by atoms with E-state index in [1.54, 1.807) is 0 Å². The van der Waals surface area contributed by atoms with E-state index in [1.165, 1.54) is 32.4 Å². The minimum absolute atomic E-state index is 0.179. The lowest BCUT2D eigenvalue weighted by Crippen LogP contribution is -2.48. The van der Waals surface area contributed by atoms with Crippen LogP contribution in [0.1, 0.15) is 42.5 Å². The molecule has 2 fully saturated rings. The molecule has 2 aromatic rings. The third-order valence-electron chi connectivity index (χ3n) is 5.46. The first kappa shape index (κ1) is 14.8. The van der Waals surface area contributed by atoms with Gasteiger partial charge in [0.05, 0.1) is 0 Å². The number of rotatable bonds is 2. The van der Waals surface area contributed by atoms with Crippen molar-refractivity contribution in [3.05, 3.63) is 36.0 Å². The third kappa shape index (κ3) is 3.00. The maximum atomic E-state index is 12.7. The van der Waals surface area contributed by atoms with Gasteiger partial charge in [-0.25, -0.2) is 0 Å². The van der Waals surface area contributed by atoms with Gasteiger partial charge in [0.2, 0.25) is 0 Å². The Bertz CT molecular complexity index is 679. The van der Waals surface area contributed by atoms with Gasteiger partial charge in [-0.1, -0.05) is 12.5 Å². The molecule has 2 aliphatic heterocycles. The molecule has 0 spiro atoms. The van der Waals surface area contributed by atoms with E-state index in [1.807, 2.05) is 35.4 Å². The maximum absolute atomic E-state index is 12.7. The molecule has 4 heteroatoms. The highest BCUT2D eigenvalue weighted by Crippen LogP contribution is 2.22. The quantitative estimate of drug-likeness (QED) is 0.924. The van der Waals surface area contributed by atoms with Crippen LogP contribution in [0.2, 0.25) is 0 Å². The molecule has 1 aromatic heterocycles. The molecule has 2 saturated heterocycles. The Morgan fingerprint density at radius 3 is 2.57 bits per heavy atom. The summed E-state index contributed by atoms with van der Waals surface area (Å²) in [5.41, 5.74) is 1.84. The van der Waals surface area contributed by atoms with Crippen molar-refractivity contribution >= 4 is 16.8 Å². The number of hydrogen-bond acceptors (Lipinski definition) is 2. The molecule has 3 heterocycles. The molecule has 4 rings (SSSR count). The van der Waals surface area contributed by atoms with E-state index < -0.39 is 0 Å². The number of nitrogens with zero attached hydrogens (tertiary/aromatic N) is 2. The SMILES string of the molecule is O=C(c1ccc2cc[nH]c2c1)N1CCC(N2CCCCC2)CC1. The molecule has 0 aliphatic carbocycles. The Labute approximate surface area is 137 Å². The third-order valence-corrected chi connectivity index (χ3v) is 5.46. The summed E-state index contributed by atoms with van der Waals surface area (Å²) < 4.78 is 0. The van der Waals surface area contributed by atoms with Gasteiger partial charge in [-0.15, -0.1) is 0 Å². The summed E-state index contributed by atoms with van der Waals surface area (Å²) in [7, 11) is 0. The molecule has 0 radical (unpaired) electrons. The van der Waals surface area contributed by atoms with Gasteiger partial charge in [0.1, 0.15) is 0 Å². The number of carbonyl (C=O) groups is 1. The molecule has 122 valence electrons. The van der Waals surface area contributed by atoms with Crippen molar-refractivity contribution in [2.45, 2.75) is 38.1 Å². The number of fused-ring (bicyclic) bond motifs is 1. The Morgan fingerprint density at radius 1 is 1.00 bits per heavy atom. The van der Waals surface area contributed by atoms with Gasteiger partial charge in [-0.05, 0) is 62.4 Å². The molecular weight excluding hydrogens is 286 g/mol. The zero-order valence-corrected chi connectivity index (χ0v) is 13.6. The van der Waals surface area contributed by atoms with E-state index in [0.29, 0.717) is 6.04 Å². The van der Waals surface area contributed by atoms with Crippen molar-refractivity contribution in [2.75, 3.05) is 26.2 Å². The number of piperidine rings is 2. The van der Waals surface area contributed by atoms with Crippen LogP contribution in [-0.4, -0.2) is 52.9 Å². The Balaban J connectivity index is 1.40. The van der Waals surface area contributed by atoms with Gasteiger partial charge in [0.25, 0.3) is 5.91 Å². The molecule has 1 amide bonds. The van der Waals surface area contributed by atoms with Crippen molar-refractivity contribution in [2.24, 2.45) is 0 Å². The van der Waals surface area contributed by atoms with E-state index in [4.69, 9.17) is 0 Å². The first-order valence-electron chi connectivity index (χ1n) is 8.92. The second-order valence-corrected chi connectivity index (χ2v) is 6.90. The zero-order chi connectivity index (χ0) is 15.6. The van der Waals surface area contributed by atoms with Crippen molar-refractivity contribution in [1.29, 1.82) is 0 Å². The number of H-pyrrole nitrogens is 1. The van der Waals surface area contributed by atoms with Gasteiger partial charge in [0.15, 0.2) is 0 Å². The fraction of sp³-hybridized carbons (Fsp3) is 0.526. The number of aromatic amines is 1. The number of aromatic nitrogens is 1. The number of carbonyl (C=O) groups excluding carboxylic acids is 1. The summed E-state index contributed by atoms with van der Waals surface area (Å²) in [5.74, 6) is 0.179. The first-order chi connectivity index (χ1) is 11.3. The molecule has 0 atom stereocenters. The van der Waals surface area contributed by atoms with Gasteiger partial charge in [-0.2, -0.15) is 0 Å². The van der Waals surface area contributed by atoms with Crippen LogP contribution in [0.5, 0.6) is 0 Å². The number of nitrogens with one attached hydrogen (secondary N) is 1. The Morgan fingerprint density at radius 2 is 1.78 bits per heavy atom. The minimum atomic E-state index is 0.179. The topological polar surface area (TPSA) is 39.3 Å². The van der Waals surface area contributed by atoms with Gasteiger partial charge in [-0.3, -0.25) is 4.79 Å². The van der Waals surface area contributed by atoms with Crippen LogP contribution in [0.15, 0.2) is 30.5 Å². The number of amides is 1. The van der Waals surface area contributed by atoms with E-state index in [2.05, 4.69) is 9.88 Å². The van der Waals surface area contributed by atoms with Crippen LogP contribution < -0.4 is 0 Å². The van der Waals surface area contributed by atoms with Gasteiger partial charge in [0, 0.05) is 36.4 Å². The maximum Gasteiger partial charge on any atom is 0.253 e. The molecule has 0 saturated carbocycles.